The summed E-state index contributed by atoms with van der Waals surface area (Å²) in [5.74, 6) is 0.710. The van der Waals surface area contributed by atoms with E-state index in [1.165, 1.54) is 0 Å². The summed E-state index contributed by atoms with van der Waals surface area (Å²) < 4.78 is 7.48. The van der Waals surface area contributed by atoms with E-state index in [4.69, 9.17) is 16.3 Å². The van der Waals surface area contributed by atoms with Crippen LogP contribution in [0.25, 0.3) is 0 Å². The maximum absolute atomic E-state index is 6.08. The van der Waals surface area contributed by atoms with Gasteiger partial charge in [0, 0.05) is 12.7 Å². The van der Waals surface area contributed by atoms with E-state index in [-0.39, 0.29) is 0 Å². The molecule has 0 aliphatic carbocycles. The van der Waals surface area contributed by atoms with Crippen molar-refractivity contribution in [3.63, 3.8) is 0 Å². The Kier molecular flexibility index (Phi) is 6.02. The van der Waals surface area contributed by atoms with Crippen molar-refractivity contribution in [3.8, 4) is 5.75 Å². The van der Waals surface area contributed by atoms with Gasteiger partial charge in [-0.25, -0.2) is 4.68 Å². The molecule has 21 heavy (non-hydrogen) atoms. The maximum atomic E-state index is 6.08. The Morgan fingerprint density at radius 3 is 3.05 bits per heavy atom. The van der Waals surface area contributed by atoms with Crippen LogP contribution in [-0.4, -0.2) is 28.1 Å². The second-order valence-corrected chi connectivity index (χ2v) is 5.34. The molecule has 0 atom stereocenters. The van der Waals surface area contributed by atoms with Gasteiger partial charge in [-0.15, -0.1) is 5.10 Å². The maximum Gasteiger partial charge on any atom is 0.138 e. The van der Waals surface area contributed by atoms with E-state index in [9.17, 15) is 0 Å². The monoisotopic (exact) mass is 308 g/mol. The summed E-state index contributed by atoms with van der Waals surface area (Å²) in [6.07, 6.45) is 3.04. The van der Waals surface area contributed by atoms with Gasteiger partial charge in [0.2, 0.25) is 0 Å². The van der Waals surface area contributed by atoms with Gasteiger partial charge in [0.05, 0.1) is 17.3 Å². The molecule has 0 aliphatic rings. The van der Waals surface area contributed by atoms with Crippen LogP contribution in [-0.2, 0) is 13.1 Å². The van der Waals surface area contributed by atoms with Crippen LogP contribution < -0.4 is 10.1 Å². The van der Waals surface area contributed by atoms with Gasteiger partial charge in [-0.3, -0.25) is 0 Å². The molecule has 1 N–H and O–H groups in total. The highest BCUT2D eigenvalue weighted by molar-refractivity contribution is 6.32. The summed E-state index contributed by atoms with van der Waals surface area (Å²) in [5, 5.41) is 12.1. The number of ether oxygens (including phenoxy) is 1. The second-order valence-electron chi connectivity index (χ2n) is 4.93. The van der Waals surface area contributed by atoms with Crippen molar-refractivity contribution in [2.75, 3.05) is 13.2 Å². The smallest absolute Gasteiger partial charge is 0.138 e. The fourth-order valence-corrected chi connectivity index (χ4v) is 2.06. The van der Waals surface area contributed by atoms with E-state index in [1.807, 2.05) is 31.3 Å². The van der Waals surface area contributed by atoms with Crippen LogP contribution in [0.5, 0.6) is 5.75 Å². The van der Waals surface area contributed by atoms with E-state index in [0.717, 1.165) is 30.8 Å². The zero-order chi connectivity index (χ0) is 15.1. The Hall–Kier alpha value is -1.59. The Morgan fingerprint density at radius 2 is 2.24 bits per heavy atom. The molecule has 1 aromatic heterocycles. The second kappa shape index (κ2) is 8.00. The number of aromatic nitrogens is 3. The van der Waals surface area contributed by atoms with Gasteiger partial charge in [0.25, 0.3) is 0 Å². The summed E-state index contributed by atoms with van der Waals surface area (Å²) in [5.41, 5.74) is 2.07. The third kappa shape index (κ3) is 5.02. The number of hydrogen-bond donors (Lipinski definition) is 1. The van der Waals surface area contributed by atoms with Gasteiger partial charge in [0.15, 0.2) is 0 Å². The molecule has 1 heterocycles. The lowest BCUT2D eigenvalue weighted by atomic mass is 10.2. The van der Waals surface area contributed by atoms with Gasteiger partial charge in [0.1, 0.15) is 12.4 Å². The van der Waals surface area contributed by atoms with Gasteiger partial charge in [-0.1, -0.05) is 29.8 Å². The molecule has 0 saturated carbocycles. The number of nitrogens with zero attached hydrogens (tertiary/aromatic N) is 3. The minimum absolute atomic E-state index is 0.508. The summed E-state index contributed by atoms with van der Waals surface area (Å²) in [4.78, 5) is 0. The molecular weight excluding hydrogens is 288 g/mol. The van der Waals surface area contributed by atoms with Gasteiger partial charge >= 0.3 is 0 Å². The summed E-state index contributed by atoms with van der Waals surface area (Å²) in [6, 6.07) is 5.74. The first-order valence-corrected chi connectivity index (χ1v) is 7.55. The van der Waals surface area contributed by atoms with E-state index in [1.54, 1.807) is 4.68 Å². The molecule has 0 bridgehead atoms. The highest BCUT2D eigenvalue weighted by Gasteiger charge is 2.03. The predicted molar refractivity (Wildman–Crippen MR) is 83.7 cm³/mol. The van der Waals surface area contributed by atoms with E-state index in [2.05, 4.69) is 22.6 Å². The molecule has 5 nitrogen and oxygen atoms in total. The van der Waals surface area contributed by atoms with Crippen LogP contribution in [0.4, 0.5) is 0 Å². The Balaban J connectivity index is 1.79. The molecule has 114 valence electrons. The topological polar surface area (TPSA) is 52.0 Å². The fourth-order valence-electron chi connectivity index (χ4n) is 1.89. The zero-order valence-electron chi connectivity index (χ0n) is 12.5. The van der Waals surface area contributed by atoms with E-state index in [0.29, 0.717) is 23.9 Å². The predicted octanol–water partition coefficient (Wildman–Crippen LogP) is 2.82. The number of hydrogen-bond acceptors (Lipinski definition) is 4. The minimum atomic E-state index is 0.508. The highest BCUT2D eigenvalue weighted by Crippen LogP contribution is 2.25. The van der Waals surface area contributed by atoms with Crippen molar-refractivity contribution in [2.45, 2.75) is 33.4 Å². The lowest BCUT2D eigenvalue weighted by molar-refractivity contribution is 0.289. The Bertz CT molecular complexity index is 571. The number of benzene rings is 1. The number of aryl methyl sites for hydroxylation is 1. The first-order chi connectivity index (χ1) is 10.2. The van der Waals surface area contributed by atoms with Crippen LogP contribution in [0.15, 0.2) is 24.4 Å². The number of nitrogens with one attached hydrogen (secondary N) is 1. The molecule has 1 aromatic carbocycles. The molecule has 6 heteroatoms. The molecule has 0 saturated heterocycles. The first-order valence-electron chi connectivity index (χ1n) is 7.17. The molecule has 2 rings (SSSR count). The normalized spacial score (nSPS) is 10.8. The lowest BCUT2D eigenvalue weighted by Crippen LogP contribution is -2.14. The SMILES string of the molecule is CCCNCc1cn(CCOc2cc(C)ccc2Cl)nn1. The minimum Gasteiger partial charge on any atom is -0.490 e. The van der Waals surface area contributed by atoms with Crippen LogP contribution in [0, 0.1) is 6.92 Å². The Morgan fingerprint density at radius 1 is 1.38 bits per heavy atom. The molecule has 0 amide bonds. The van der Waals surface area contributed by atoms with Crippen molar-refractivity contribution in [1.29, 1.82) is 0 Å². The zero-order valence-corrected chi connectivity index (χ0v) is 13.2. The summed E-state index contributed by atoms with van der Waals surface area (Å²) in [6.45, 7) is 7.04. The molecule has 0 spiro atoms. The molecular formula is C15H21ClN4O. The number of halogens is 1. The summed E-state index contributed by atoms with van der Waals surface area (Å²) in [7, 11) is 0. The lowest BCUT2D eigenvalue weighted by Gasteiger charge is -2.08. The molecule has 0 fully saturated rings. The molecule has 0 unspecified atom stereocenters. The van der Waals surface area contributed by atoms with Crippen LogP contribution in [0.2, 0.25) is 5.02 Å². The van der Waals surface area contributed by atoms with Gasteiger partial charge < -0.3 is 10.1 Å². The highest BCUT2D eigenvalue weighted by atomic mass is 35.5. The summed E-state index contributed by atoms with van der Waals surface area (Å²) >= 11 is 6.08. The third-order valence-corrected chi connectivity index (χ3v) is 3.30. The average Bonchev–Trinajstić information content (AvgIpc) is 2.91. The van der Waals surface area contributed by atoms with Crippen molar-refractivity contribution in [1.82, 2.24) is 20.3 Å². The molecule has 0 aliphatic heterocycles. The van der Waals surface area contributed by atoms with Crippen molar-refractivity contribution in [3.05, 3.63) is 40.7 Å². The van der Waals surface area contributed by atoms with Crippen LogP contribution in [0.1, 0.15) is 24.6 Å². The molecule has 0 radical (unpaired) electrons. The van der Waals surface area contributed by atoms with Crippen LogP contribution in [0.3, 0.4) is 0 Å². The van der Waals surface area contributed by atoms with Crippen molar-refractivity contribution in [2.24, 2.45) is 0 Å². The largest absolute Gasteiger partial charge is 0.490 e. The van der Waals surface area contributed by atoms with Crippen molar-refractivity contribution < 1.29 is 4.74 Å². The van der Waals surface area contributed by atoms with E-state index >= 15 is 0 Å². The van der Waals surface area contributed by atoms with Crippen LogP contribution >= 0.6 is 11.6 Å². The Labute approximate surface area is 130 Å². The quantitative estimate of drug-likeness (QED) is 0.762. The third-order valence-electron chi connectivity index (χ3n) is 2.98. The van der Waals surface area contributed by atoms with Crippen molar-refractivity contribution >= 4 is 11.6 Å². The van der Waals surface area contributed by atoms with Gasteiger partial charge in [-0.05, 0) is 37.6 Å². The van der Waals surface area contributed by atoms with E-state index < -0.39 is 0 Å². The standard InChI is InChI=1S/C15H21ClN4O/c1-3-6-17-10-13-11-20(19-18-13)7-8-21-15-9-12(2)4-5-14(15)16/h4-5,9,11,17H,3,6-8,10H2,1-2H3. The fraction of sp³-hybridized carbons (Fsp3) is 0.467. The first kappa shape index (κ1) is 15.8. The molecule has 2 aromatic rings. The van der Waals surface area contributed by atoms with Gasteiger partial charge in [-0.2, -0.15) is 0 Å². The number of rotatable bonds is 8. The average molecular weight is 309 g/mol.